The van der Waals surface area contributed by atoms with E-state index in [2.05, 4.69) is 5.10 Å². The van der Waals surface area contributed by atoms with Crippen LogP contribution in [0.4, 0.5) is 0 Å². The van der Waals surface area contributed by atoms with Gasteiger partial charge in [0.2, 0.25) is 0 Å². The van der Waals surface area contributed by atoms with Crippen molar-refractivity contribution in [1.82, 2.24) is 9.78 Å². The molecule has 0 amide bonds. The van der Waals surface area contributed by atoms with Crippen molar-refractivity contribution in [3.05, 3.63) is 18.0 Å². The van der Waals surface area contributed by atoms with Crippen molar-refractivity contribution < 1.29 is 4.79 Å². The standard InChI is InChI=1S/C11H19N3O/c1-3-10(12)6-11(15)5-9-7-13-14(4-2)8-9/h7-8,10H,3-6,12H2,1-2H3. The van der Waals surface area contributed by atoms with Crippen molar-refractivity contribution in [2.45, 2.75) is 45.7 Å². The Morgan fingerprint density at radius 2 is 2.33 bits per heavy atom. The van der Waals surface area contributed by atoms with E-state index in [0.717, 1.165) is 18.5 Å². The number of nitrogens with two attached hydrogens (primary N) is 1. The Morgan fingerprint density at radius 1 is 1.60 bits per heavy atom. The summed E-state index contributed by atoms with van der Waals surface area (Å²) in [7, 11) is 0. The van der Waals surface area contributed by atoms with E-state index >= 15 is 0 Å². The van der Waals surface area contributed by atoms with Gasteiger partial charge in [0.05, 0.1) is 6.20 Å². The largest absolute Gasteiger partial charge is 0.327 e. The molecule has 0 radical (unpaired) electrons. The molecule has 1 heterocycles. The molecule has 2 N–H and O–H groups in total. The number of ketones is 1. The summed E-state index contributed by atoms with van der Waals surface area (Å²) in [5.74, 6) is 0.194. The number of nitrogens with zero attached hydrogens (tertiary/aromatic N) is 2. The first-order valence-corrected chi connectivity index (χ1v) is 5.44. The van der Waals surface area contributed by atoms with Gasteiger partial charge in [-0.25, -0.2) is 0 Å². The third-order valence-corrected chi connectivity index (χ3v) is 2.43. The minimum absolute atomic E-state index is 0.00119. The molecule has 1 rings (SSSR count). The number of aromatic nitrogens is 2. The first kappa shape index (κ1) is 11.9. The van der Waals surface area contributed by atoms with Crippen LogP contribution in [0.5, 0.6) is 0 Å². The van der Waals surface area contributed by atoms with Crippen molar-refractivity contribution in [1.29, 1.82) is 0 Å². The Kier molecular flexibility index (Phi) is 4.49. The van der Waals surface area contributed by atoms with Gasteiger partial charge in [-0.1, -0.05) is 6.92 Å². The highest BCUT2D eigenvalue weighted by atomic mass is 16.1. The van der Waals surface area contributed by atoms with E-state index in [9.17, 15) is 4.79 Å². The van der Waals surface area contributed by atoms with Crippen molar-refractivity contribution in [3.8, 4) is 0 Å². The molecule has 1 aromatic rings. The second kappa shape index (κ2) is 5.66. The van der Waals surface area contributed by atoms with Crippen molar-refractivity contribution >= 4 is 5.78 Å². The van der Waals surface area contributed by atoms with Crippen molar-refractivity contribution in [3.63, 3.8) is 0 Å². The fourth-order valence-corrected chi connectivity index (χ4v) is 1.41. The molecule has 0 saturated carbocycles. The molecule has 0 aromatic carbocycles. The van der Waals surface area contributed by atoms with Gasteiger partial charge in [-0.3, -0.25) is 9.48 Å². The van der Waals surface area contributed by atoms with E-state index in [4.69, 9.17) is 5.73 Å². The lowest BCUT2D eigenvalue weighted by molar-refractivity contribution is -0.118. The molecule has 0 aliphatic rings. The molecule has 0 saturated heterocycles. The summed E-state index contributed by atoms with van der Waals surface area (Å²) < 4.78 is 1.82. The topological polar surface area (TPSA) is 60.9 Å². The minimum atomic E-state index is -0.00119. The minimum Gasteiger partial charge on any atom is -0.327 e. The highest BCUT2D eigenvalue weighted by Crippen LogP contribution is 2.03. The lowest BCUT2D eigenvalue weighted by atomic mass is 10.0. The Hall–Kier alpha value is -1.16. The van der Waals surface area contributed by atoms with Crippen LogP contribution < -0.4 is 5.73 Å². The summed E-state index contributed by atoms with van der Waals surface area (Å²) in [4.78, 5) is 11.6. The molecule has 0 spiro atoms. The number of carbonyl (C=O) groups excluding carboxylic acids is 1. The van der Waals surface area contributed by atoms with Crippen molar-refractivity contribution in [2.75, 3.05) is 0 Å². The zero-order chi connectivity index (χ0) is 11.3. The van der Waals surface area contributed by atoms with Crippen LogP contribution in [0.3, 0.4) is 0 Å². The number of aryl methyl sites for hydroxylation is 1. The maximum Gasteiger partial charge on any atom is 0.138 e. The summed E-state index contributed by atoms with van der Waals surface area (Å²) >= 11 is 0. The first-order valence-electron chi connectivity index (χ1n) is 5.44. The van der Waals surface area contributed by atoms with E-state index in [1.165, 1.54) is 0 Å². The number of Topliss-reactive ketones (excluding diaryl/α,β-unsaturated/α-hetero) is 1. The molecular formula is C11H19N3O. The van der Waals surface area contributed by atoms with Crippen LogP contribution in [0.1, 0.15) is 32.3 Å². The zero-order valence-corrected chi connectivity index (χ0v) is 9.44. The predicted molar refractivity (Wildman–Crippen MR) is 59.5 cm³/mol. The van der Waals surface area contributed by atoms with E-state index in [1.54, 1.807) is 6.20 Å². The zero-order valence-electron chi connectivity index (χ0n) is 9.44. The Morgan fingerprint density at radius 3 is 2.87 bits per heavy atom. The smallest absolute Gasteiger partial charge is 0.138 e. The van der Waals surface area contributed by atoms with Crippen LogP contribution in [0.2, 0.25) is 0 Å². The van der Waals surface area contributed by atoms with Crippen LogP contribution in [0.25, 0.3) is 0 Å². The Bertz CT molecular complexity index is 319. The molecule has 0 aliphatic carbocycles. The molecule has 4 heteroatoms. The van der Waals surface area contributed by atoms with Gasteiger partial charge in [0.25, 0.3) is 0 Å². The molecule has 15 heavy (non-hydrogen) atoms. The highest BCUT2D eigenvalue weighted by molar-refractivity contribution is 5.81. The van der Waals surface area contributed by atoms with Crippen LogP contribution >= 0.6 is 0 Å². The van der Waals surface area contributed by atoms with Gasteiger partial charge in [0.15, 0.2) is 0 Å². The fraction of sp³-hybridized carbons (Fsp3) is 0.636. The molecular weight excluding hydrogens is 190 g/mol. The van der Waals surface area contributed by atoms with Crippen LogP contribution in [0.15, 0.2) is 12.4 Å². The van der Waals surface area contributed by atoms with Crippen LogP contribution in [0, 0.1) is 0 Å². The highest BCUT2D eigenvalue weighted by Gasteiger charge is 2.09. The van der Waals surface area contributed by atoms with Gasteiger partial charge in [-0.2, -0.15) is 5.10 Å². The molecule has 1 aromatic heterocycles. The number of rotatable bonds is 6. The number of carbonyl (C=O) groups is 1. The average Bonchev–Trinajstić information content (AvgIpc) is 2.65. The maximum atomic E-state index is 11.6. The van der Waals surface area contributed by atoms with E-state index in [1.807, 2.05) is 24.7 Å². The number of hydrogen-bond acceptors (Lipinski definition) is 3. The SMILES string of the molecule is CCC(N)CC(=O)Cc1cnn(CC)c1. The summed E-state index contributed by atoms with van der Waals surface area (Å²) in [5, 5.41) is 4.12. The monoisotopic (exact) mass is 209 g/mol. The molecule has 84 valence electrons. The van der Waals surface area contributed by atoms with Gasteiger partial charge in [-0.15, -0.1) is 0 Å². The van der Waals surface area contributed by atoms with E-state index < -0.39 is 0 Å². The normalized spacial score (nSPS) is 12.7. The second-order valence-electron chi connectivity index (χ2n) is 3.79. The first-order chi connectivity index (χ1) is 7.15. The molecule has 0 aliphatic heterocycles. The van der Waals surface area contributed by atoms with Gasteiger partial charge >= 0.3 is 0 Å². The molecule has 0 bridgehead atoms. The van der Waals surface area contributed by atoms with E-state index in [-0.39, 0.29) is 11.8 Å². The number of hydrogen-bond donors (Lipinski definition) is 1. The van der Waals surface area contributed by atoms with Gasteiger partial charge in [0, 0.05) is 31.6 Å². The van der Waals surface area contributed by atoms with Crippen LogP contribution in [-0.4, -0.2) is 21.6 Å². The Labute approximate surface area is 90.5 Å². The van der Waals surface area contributed by atoms with Gasteiger partial charge in [0.1, 0.15) is 5.78 Å². The third kappa shape index (κ3) is 3.83. The van der Waals surface area contributed by atoms with Gasteiger partial charge in [-0.05, 0) is 18.9 Å². The molecule has 1 unspecified atom stereocenters. The lowest BCUT2D eigenvalue weighted by Crippen LogP contribution is -2.23. The molecule has 1 atom stereocenters. The summed E-state index contributed by atoms with van der Waals surface area (Å²) in [5.41, 5.74) is 6.69. The average molecular weight is 209 g/mol. The molecule has 0 fully saturated rings. The van der Waals surface area contributed by atoms with Crippen molar-refractivity contribution in [2.24, 2.45) is 5.73 Å². The predicted octanol–water partition coefficient (Wildman–Crippen LogP) is 1.14. The third-order valence-electron chi connectivity index (χ3n) is 2.43. The lowest BCUT2D eigenvalue weighted by Gasteiger charge is -2.05. The fourth-order valence-electron chi connectivity index (χ4n) is 1.41. The summed E-state index contributed by atoms with van der Waals surface area (Å²) in [6, 6.07) is -0.00119. The van der Waals surface area contributed by atoms with E-state index in [0.29, 0.717) is 12.8 Å². The Balaban J connectivity index is 2.44. The quantitative estimate of drug-likeness (QED) is 0.764. The van der Waals surface area contributed by atoms with Crippen LogP contribution in [-0.2, 0) is 17.8 Å². The maximum absolute atomic E-state index is 11.6. The summed E-state index contributed by atoms with van der Waals surface area (Å²) in [6.07, 6.45) is 5.43. The second-order valence-corrected chi connectivity index (χ2v) is 3.79. The van der Waals surface area contributed by atoms with Gasteiger partial charge < -0.3 is 5.73 Å². The summed E-state index contributed by atoms with van der Waals surface area (Å²) in [6.45, 7) is 4.85. The molecule has 4 nitrogen and oxygen atoms in total.